The van der Waals surface area contributed by atoms with Crippen LogP contribution in [0, 0.1) is 6.92 Å². The Labute approximate surface area is 179 Å². The molecule has 2 aromatic rings. The van der Waals surface area contributed by atoms with Gasteiger partial charge in [0.05, 0.1) is 0 Å². The number of amides is 2. The molecule has 0 saturated carbocycles. The van der Waals surface area contributed by atoms with E-state index in [-0.39, 0.29) is 17.9 Å². The van der Waals surface area contributed by atoms with Crippen LogP contribution in [-0.4, -0.2) is 34.6 Å². The number of aryl methyl sites for hydroxylation is 1. The molecular formula is C24H32N2O2S. The molecule has 0 radical (unpaired) electrons. The topological polar surface area (TPSA) is 49.4 Å². The van der Waals surface area contributed by atoms with Crippen LogP contribution >= 0.6 is 11.8 Å². The maximum Gasteiger partial charge on any atom is 0.242 e. The van der Waals surface area contributed by atoms with Gasteiger partial charge in [0.25, 0.3) is 0 Å². The SMILES string of the molecule is CC[C@@H](C)NC(=O)[C@H](C)N(Cc1ccccc1C)C(=O)CCSc1ccccc1. The van der Waals surface area contributed by atoms with E-state index in [9.17, 15) is 9.59 Å². The molecule has 0 fully saturated rings. The highest BCUT2D eigenvalue weighted by molar-refractivity contribution is 7.99. The van der Waals surface area contributed by atoms with Crippen molar-refractivity contribution in [1.29, 1.82) is 0 Å². The van der Waals surface area contributed by atoms with Crippen molar-refractivity contribution in [2.75, 3.05) is 5.75 Å². The lowest BCUT2D eigenvalue weighted by Crippen LogP contribution is -2.49. The van der Waals surface area contributed by atoms with E-state index in [1.165, 1.54) is 0 Å². The van der Waals surface area contributed by atoms with Crippen LogP contribution in [-0.2, 0) is 16.1 Å². The zero-order valence-corrected chi connectivity index (χ0v) is 18.7. The predicted octanol–water partition coefficient (Wildman–Crippen LogP) is 4.81. The second-order valence-electron chi connectivity index (χ2n) is 7.35. The molecule has 0 spiro atoms. The highest BCUT2D eigenvalue weighted by Gasteiger charge is 2.26. The van der Waals surface area contributed by atoms with E-state index < -0.39 is 6.04 Å². The van der Waals surface area contributed by atoms with Gasteiger partial charge in [-0.15, -0.1) is 11.8 Å². The lowest BCUT2D eigenvalue weighted by Gasteiger charge is -2.30. The fourth-order valence-electron chi connectivity index (χ4n) is 2.94. The highest BCUT2D eigenvalue weighted by atomic mass is 32.2. The third-order valence-corrected chi connectivity index (χ3v) is 6.11. The van der Waals surface area contributed by atoms with Gasteiger partial charge >= 0.3 is 0 Å². The monoisotopic (exact) mass is 412 g/mol. The van der Waals surface area contributed by atoms with Crippen LogP contribution in [0.25, 0.3) is 0 Å². The van der Waals surface area contributed by atoms with Crippen LogP contribution in [0.4, 0.5) is 0 Å². The largest absolute Gasteiger partial charge is 0.352 e. The Morgan fingerprint density at radius 3 is 2.34 bits per heavy atom. The van der Waals surface area contributed by atoms with Gasteiger partial charge in [-0.3, -0.25) is 9.59 Å². The van der Waals surface area contributed by atoms with Gasteiger partial charge < -0.3 is 10.2 Å². The molecule has 0 unspecified atom stereocenters. The van der Waals surface area contributed by atoms with E-state index in [0.717, 1.165) is 22.4 Å². The molecule has 2 rings (SSSR count). The number of thioether (sulfide) groups is 1. The molecule has 0 heterocycles. The third kappa shape index (κ3) is 7.24. The average Bonchev–Trinajstić information content (AvgIpc) is 2.73. The van der Waals surface area contributed by atoms with Gasteiger partial charge in [0, 0.05) is 29.7 Å². The van der Waals surface area contributed by atoms with Crippen LogP contribution in [0.3, 0.4) is 0 Å². The van der Waals surface area contributed by atoms with Gasteiger partial charge in [-0.05, 0) is 50.5 Å². The van der Waals surface area contributed by atoms with Crippen LogP contribution in [0.2, 0.25) is 0 Å². The zero-order chi connectivity index (χ0) is 21.2. The summed E-state index contributed by atoms with van der Waals surface area (Å²) in [6.07, 6.45) is 1.25. The minimum Gasteiger partial charge on any atom is -0.352 e. The molecule has 156 valence electrons. The quantitative estimate of drug-likeness (QED) is 0.570. The number of nitrogens with zero attached hydrogens (tertiary/aromatic N) is 1. The van der Waals surface area contributed by atoms with Gasteiger partial charge in [0.1, 0.15) is 6.04 Å². The maximum absolute atomic E-state index is 13.1. The summed E-state index contributed by atoms with van der Waals surface area (Å²) in [6, 6.07) is 17.7. The Kier molecular flexibility index (Phi) is 9.26. The Hall–Kier alpha value is -2.27. The van der Waals surface area contributed by atoms with Crippen LogP contribution in [0.1, 0.15) is 44.7 Å². The predicted molar refractivity (Wildman–Crippen MR) is 121 cm³/mol. The normalized spacial score (nSPS) is 12.8. The van der Waals surface area contributed by atoms with Crippen molar-refractivity contribution < 1.29 is 9.59 Å². The van der Waals surface area contributed by atoms with Crippen LogP contribution < -0.4 is 5.32 Å². The Morgan fingerprint density at radius 1 is 1.03 bits per heavy atom. The molecule has 0 aliphatic heterocycles. The first-order valence-corrected chi connectivity index (χ1v) is 11.2. The molecule has 0 aliphatic rings. The first-order valence-electron chi connectivity index (χ1n) is 10.2. The number of carbonyl (C=O) groups is 2. The van der Waals surface area contributed by atoms with E-state index in [0.29, 0.717) is 18.7 Å². The summed E-state index contributed by atoms with van der Waals surface area (Å²) in [6.45, 7) is 8.31. The molecule has 0 bridgehead atoms. The molecule has 2 amide bonds. The van der Waals surface area contributed by atoms with Crippen molar-refractivity contribution in [3.05, 3.63) is 65.7 Å². The van der Waals surface area contributed by atoms with Gasteiger partial charge in [0.2, 0.25) is 11.8 Å². The van der Waals surface area contributed by atoms with Crippen molar-refractivity contribution in [3.63, 3.8) is 0 Å². The standard InChI is InChI=1S/C24H32N2O2S/c1-5-19(3)25-24(28)20(4)26(17-21-12-10-9-11-18(21)2)23(27)15-16-29-22-13-7-6-8-14-22/h6-14,19-20H,5,15-17H2,1-4H3,(H,25,28)/t19-,20+/m1/s1. The number of rotatable bonds is 10. The number of hydrogen-bond donors (Lipinski definition) is 1. The van der Waals surface area contributed by atoms with Gasteiger partial charge in [-0.1, -0.05) is 49.4 Å². The molecule has 2 atom stereocenters. The van der Waals surface area contributed by atoms with Gasteiger partial charge in [0.15, 0.2) is 0 Å². The molecule has 5 heteroatoms. The first kappa shape index (κ1) is 23.0. The zero-order valence-electron chi connectivity index (χ0n) is 17.9. The second-order valence-corrected chi connectivity index (χ2v) is 8.52. The van der Waals surface area contributed by atoms with E-state index in [1.807, 2.05) is 82.3 Å². The summed E-state index contributed by atoms with van der Waals surface area (Å²) in [5.74, 6) is 0.591. The van der Waals surface area contributed by atoms with Crippen molar-refractivity contribution >= 4 is 23.6 Å². The smallest absolute Gasteiger partial charge is 0.242 e. The highest BCUT2D eigenvalue weighted by Crippen LogP contribution is 2.20. The van der Waals surface area contributed by atoms with E-state index in [1.54, 1.807) is 16.7 Å². The van der Waals surface area contributed by atoms with E-state index in [2.05, 4.69) is 5.32 Å². The van der Waals surface area contributed by atoms with Gasteiger partial charge in [-0.25, -0.2) is 0 Å². The maximum atomic E-state index is 13.1. The van der Waals surface area contributed by atoms with Crippen molar-refractivity contribution in [1.82, 2.24) is 10.2 Å². The molecule has 0 aromatic heterocycles. The fourth-order valence-corrected chi connectivity index (χ4v) is 3.80. The summed E-state index contributed by atoms with van der Waals surface area (Å²) in [5, 5.41) is 3.01. The number of nitrogens with one attached hydrogen (secondary N) is 1. The number of carbonyl (C=O) groups excluding carboxylic acids is 2. The third-order valence-electron chi connectivity index (χ3n) is 5.10. The molecule has 0 saturated heterocycles. The first-order chi connectivity index (χ1) is 13.9. The summed E-state index contributed by atoms with van der Waals surface area (Å²) < 4.78 is 0. The minimum atomic E-state index is -0.516. The lowest BCUT2D eigenvalue weighted by atomic mass is 10.1. The summed E-state index contributed by atoms with van der Waals surface area (Å²) in [5.41, 5.74) is 2.19. The molecule has 29 heavy (non-hydrogen) atoms. The van der Waals surface area contributed by atoms with E-state index >= 15 is 0 Å². The van der Waals surface area contributed by atoms with Crippen LogP contribution in [0.5, 0.6) is 0 Å². The summed E-state index contributed by atoms with van der Waals surface area (Å²) in [7, 11) is 0. The van der Waals surface area contributed by atoms with Gasteiger partial charge in [-0.2, -0.15) is 0 Å². The van der Waals surface area contributed by atoms with Crippen LogP contribution in [0.15, 0.2) is 59.5 Å². The fraction of sp³-hybridized carbons (Fsp3) is 0.417. The Balaban J connectivity index is 2.08. The van der Waals surface area contributed by atoms with Crippen molar-refractivity contribution in [2.24, 2.45) is 0 Å². The number of hydrogen-bond acceptors (Lipinski definition) is 3. The van der Waals surface area contributed by atoms with E-state index in [4.69, 9.17) is 0 Å². The van der Waals surface area contributed by atoms with Crippen molar-refractivity contribution in [3.8, 4) is 0 Å². The lowest BCUT2D eigenvalue weighted by molar-refractivity contribution is -0.140. The molecule has 0 aliphatic carbocycles. The average molecular weight is 413 g/mol. The minimum absolute atomic E-state index is 0.00323. The molecular weight excluding hydrogens is 380 g/mol. The summed E-state index contributed by atoms with van der Waals surface area (Å²) in [4.78, 5) is 28.7. The Morgan fingerprint density at radius 2 is 1.69 bits per heavy atom. The van der Waals surface area contributed by atoms with Crippen molar-refractivity contribution in [2.45, 2.75) is 64.1 Å². The molecule has 1 N–H and O–H groups in total. The summed E-state index contributed by atoms with van der Waals surface area (Å²) >= 11 is 1.66. The molecule has 2 aromatic carbocycles. The second kappa shape index (κ2) is 11.7. The Bertz CT molecular complexity index is 794. The number of benzene rings is 2. The molecule has 4 nitrogen and oxygen atoms in total.